The molecule has 2 aromatic carbocycles. The number of methoxy groups -OCH3 is 1. The minimum Gasteiger partial charge on any atom is -0.496 e. The molecule has 0 aliphatic rings. The van der Waals surface area contributed by atoms with Crippen LogP contribution in [-0.2, 0) is 6.54 Å². The molecular weight excluding hydrogens is 338 g/mol. The van der Waals surface area contributed by atoms with Crippen molar-refractivity contribution < 1.29 is 4.74 Å². The van der Waals surface area contributed by atoms with Gasteiger partial charge in [0.15, 0.2) is 0 Å². The van der Waals surface area contributed by atoms with Crippen LogP contribution in [0.5, 0.6) is 5.75 Å². The van der Waals surface area contributed by atoms with Crippen molar-refractivity contribution in [2.24, 2.45) is 0 Å². The molecule has 0 bridgehead atoms. The van der Waals surface area contributed by atoms with Gasteiger partial charge in [0.1, 0.15) is 5.75 Å². The summed E-state index contributed by atoms with van der Waals surface area (Å²) in [6.07, 6.45) is 0. The number of benzene rings is 2. The fourth-order valence-electron chi connectivity index (χ4n) is 1.94. The molecule has 0 spiro atoms. The molecule has 1 atom stereocenters. The third-order valence-electron chi connectivity index (χ3n) is 3.20. The van der Waals surface area contributed by atoms with Crippen LogP contribution in [0.1, 0.15) is 24.1 Å². The van der Waals surface area contributed by atoms with Crippen LogP contribution < -0.4 is 10.1 Å². The molecule has 0 aromatic heterocycles. The highest BCUT2D eigenvalue weighted by Gasteiger charge is 2.08. The molecule has 0 fully saturated rings. The quantitative estimate of drug-likeness (QED) is 0.819. The summed E-state index contributed by atoms with van der Waals surface area (Å²) in [5.74, 6) is 0.846. The molecule has 1 unspecified atom stereocenters. The smallest absolute Gasteiger partial charge is 0.133 e. The van der Waals surface area contributed by atoms with Crippen molar-refractivity contribution in [3.8, 4) is 5.75 Å². The van der Waals surface area contributed by atoms with E-state index >= 15 is 0 Å². The summed E-state index contributed by atoms with van der Waals surface area (Å²) in [5.41, 5.74) is 2.43. The average molecular weight is 355 g/mol. The fraction of sp³-hybridized carbons (Fsp3) is 0.250. The Morgan fingerprint density at radius 2 is 1.90 bits per heavy atom. The van der Waals surface area contributed by atoms with Crippen molar-refractivity contribution in [3.05, 3.63) is 63.1 Å². The molecule has 106 valence electrons. The van der Waals surface area contributed by atoms with Crippen molar-refractivity contribution >= 4 is 27.5 Å². The van der Waals surface area contributed by atoms with Crippen LogP contribution in [0.25, 0.3) is 0 Å². The van der Waals surface area contributed by atoms with E-state index in [-0.39, 0.29) is 6.04 Å². The Hall–Kier alpha value is -1.03. The van der Waals surface area contributed by atoms with E-state index in [0.717, 1.165) is 21.8 Å². The van der Waals surface area contributed by atoms with Gasteiger partial charge in [-0.3, -0.25) is 0 Å². The lowest BCUT2D eigenvalue weighted by molar-refractivity contribution is 0.411. The zero-order valence-electron chi connectivity index (χ0n) is 11.5. The summed E-state index contributed by atoms with van der Waals surface area (Å²) in [5, 5.41) is 4.26. The number of rotatable bonds is 5. The predicted octanol–water partition coefficient (Wildman–Crippen LogP) is 4.96. The van der Waals surface area contributed by atoms with Gasteiger partial charge in [0.25, 0.3) is 0 Å². The number of hydrogen-bond acceptors (Lipinski definition) is 2. The Balaban J connectivity index is 1.99. The molecule has 2 nitrogen and oxygen atoms in total. The molecule has 2 aromatic rings. The fourth-order valence-corrected chi connectivity index (χ4v) is 2.63. The maximum absolute atomic E-state index is 5.88. The van der Waals surface area contributed by atoms with E-state index in [9.17, 15) is 0 Å². The number of hydrogen-bond donors (Lipinski definition) is 1. The first-order valence-corrected chi connectivity index (χ1v) is 7.58. The summed E-state index contributed by atoms with van der Waals surface area (Å²) >= 11 is 9.39. The van der Waals surface area contributed by atoms with Crippen LogP contribution in [-0.4, -0.2) is 7.11 Å². The summed E-state index contributed by atoms with van der Waals surface area (Å²) < 4.78 is 6.21. The predicted molar refractivity (Wildman–Crippen MR) is 87.4 cm³/mol. The molecule has 0 aliphatic carbocycles. The number of nitrogens with one attached hydrogen (secondary N) is 1. The number of halogens is 2. The molecule has 0 heterocycles. The van der Waals surface area contributed by atoms with Crippen molar-refractivity contribution in [2.45, 2.75) is 19.5 Å². The third-order valence-corrected chi connectivity index (χ3v) is 4.07. The SMILES string of the molecule is COc1ccc(C(C)NCc2ccc(Cl)cc2)cc1Br. The second kappa shape index (κ2) is 7.11. The Bertz CT molecular complexity index is 571. The van der Waals surface area contributed by atoms with Gasteiger partial charge >= 0.3 is 0 Å². The van der Waals surface area contributed by atoms with E-state index in [0.29, 0.717) is 0 Å². The van der Waals surface area contributed by atoms with Crippen LogP contribution >= 0.6 is 27.5 Å². The van der Waals surface area contributed by atoms with Crippen LogP contribution in [0.15, 0.2) is 46.9 Å². The zero-order valence-corrected chi connectivity index (χ0v) is 13.8. The van der Waals surface area contributed by atoms with E-state index in [4.69, 9.17) is 16.3 Å². The van der Waals surface area contributed by atoms with Crippen molar-refractivity contribution in [2.75, 3.05) is 7.11 Å². The minimum atomic E-state index is 0.257. The highest BCUT2D eigenvalue weighted by atomic mass is 79.9. The van der Waals surface area contributed by atoms with Gasteiger partial charge in [-0.25, -0.2) is 0 Å². The minimum absolute atomic E-state index is 0.257. The summed E-state index contributed by atoms with van der Waals surface area (Å²) in [6, 6.07) is 14.3. The standard InChI is InChI=1S/C16H17BrClNO/c1-11(13-5-8-16(20-2)15(17)9-13)19-10-12-3-6-14(18)7-4-12/h3-9,11,19H,10H2,1-2H3. The van der Waals surface area contributed by atoms with Gasteiger partial charge in [-0.05, 0) is 58.2 Å². The Morgan fingerprint density at radius 3 is 2.50 bits per heavy atom. The second-order valence-corrected chi connectivity index (χ2v) is 5.91. The van der Waals surface area contributed by atoms with Crippen LogP contribution in [0.4, 0.5) is 0 Å². The summed E-state index contributed by atoms with van der Waals surface area (Å²) in [6.45, 7) is 2.95. The average Bonchev–Trinajstić information content (AvgIpc) is 2.46. The van der Waals surface area contributed by atoms with Crippen LogP contribution in [0.3, 0.4) is 0 Å². The van der Waals surface area contributed by atoms with Gasteiger partial charge in [0.05, 0.1) is 11.6 Å². The third kappa shape index (κ3) is 3.98. The lowest BCUT2D eigenvalue weighted by Gasteiger charge is -2.15. The first kappa shape index (κ1) is 15.4. The zero-order chi connectivity index (χ0) is 14.5. The van der Waals surface area contributed by atoms with E-state index in [1.807, 2.05) is 30.3 Å². The lowest BCUT2D eigenvalue weighted by atomic mass is 10.1. The van der Waals surface area contributed by atoms with Gasteiger partial charge in [-0.15, -0.1) is 0 Å². The first-order valence-electron chi connectivity index (χ1n) is 6.41. The molecule has 2 rings (SSSR count). The normalized spacial score (nSPS) is 12.2. The van der Waals surface area contributed by atoms with E-state index in [2.05, 4.69) is 40.3 Å². The molecule has 20 heavy (non-hydrogen) atoms. The van der Waals surface area contributed by atoms with E-state index < -0.39 is 0 Å². The van der Waals surface area contributed by atoms with Crippen molar-refractivity contribution in [3.63, 3.8) is 0 Å². The van der Waals surface area contributed by atoms with E-state index in [1.165, 1.54) is 11.1 Å². The Morgan fingerprint density at radius 1 is 1.20 bits per heavy atom. The molecule has 0 amide bonds. The van der Waals surface area contributed by atoms with Crippen molar-refractivity contribution in [1.29, 1.82) is 0 Å². The monoisotopic (exact) mass is 353 g/mol. The topological polar surface area (TPSA) is 21.3 Å². The maximum Gasteiger partial charge on any atom is 0.133 e. The molecule has 0 radical (unpaired) electrons. The molecule has 4 heteroatoms. The highest BCUT2D eigenvalue weighted by molar-refractivity contribution is 9.10. The summed E-state index contributed by atoms with van der Waals surface area (Å²) in [4.78, 5) is 0. The van der Waals surface area contributed by atoms with Crippen LogP contribution in [0, 0.1) is 0 Å². The summed E-state index contributed by atoms with van der Waals surface area (Å²) in [7, 11) is 1.67. The van der Waals surface area contributed by atoms with Gasteiger partial charge in [-0.2, -0.15) is 0 Å². The number of ether oxygens (including phenoxy) is 1. The molecule has 0 aliphatic heterocycles. The molecule has 0 saturated carbocycles. The second-order valence-electron chi connectivity index (χ2n) is 4.62. The largest absolute Gasteiger partial charge is 0.496 e. The van der Waals surface area contributed by atoms with Crippen LogP contribution in [0.2, 0.25) is 5.02 Å². The van der Waals surface area contributed by atoms with E-state index in [1.54, 1.807) is 7.11 Å². The first-order chi connectivity index (χ1) is 9.60. The Kier molecular flexibility index (Phi) is 5.46. The van der Waals surface area contributed by atoms with Crippen molar-refractivity contribution in [1.82, 2.24) is 5.32 Å². The van der Waals surface area contributed by atoms with Gasteiger partial charge in [0.2, 0.25) is 0 Å². The van der Waals surface area contributed by atoms with Gasteiger partial charge in [0, 0.05) is 17.6 Å². The van der Waals surface area contributed by atoms with Gasteiger partial charge in [-0.1, -0.05) is 29.8 Å². The molecule has 1 N–H and O–H groups in total. The maximum atomic E-state index is 5.88. The Labute approximate surface area is 133 Å². The molecular formula is C16H17BrClNO. The lowest BCUT2D eigenvalue weighted by Crippen LogP contribution is -2.18. The highest BCUT2D eigenvalue weighted by Crippen LogP contribution is 2.28. The molecule has 0 saturated heterocycles. The van der Waals surface area contributed by atoms with Gasteiger partial charge < -0.3 is 10.1 Å².